The smallest absolute Gasteiger partial charge is 0.204 e. The van der Waals surface area contributed by atoms with Crippen molar-refractivity contribution in [2.24, 2.45) is 0 Å². The van der Waals surface area contributed by atoms with E-state index in [1.165, 1.54) is 0 Å². The van der Waals surface area contributed by atoms with Crippen molar-refractivity contribution in [2.75, 3.05) is 44.0 Å². The number of anilines is 3. The van der Waals surface area contributed by atoms with Crippen molar-refractivity contribution in [3.63, 3.8) is 0 Å². The summed E-state index contributed by atoms with van der Waals surface area (Å²) in [6.45, 7) is 3.76. The molecular weight excluding hydrogens is 374 g/mol. The molecule has 1 aliphatic heterocycles. The third kappa shape index (κ3) is 5.69. The molecule has 2 aromatic rings. The summed E-state index contributed by atoms with van der Waals surface area (Å²) in [5, 5.41) is 27.9. The predicted octanol–water partition coefficient (Wildman–Crippen LogP) is 1.43. The van der Waals surface area contributed by atoms with Crippen LogP contribution in [0.25, 0.3) is 0 Å². The number of aromatic nitrogens is 2. The number of aliphatic hydroxyl groups is 2. The van der Waals surface area contributed by atoms with Crippen LogP contribution in [0.4, 0.5) is 17.3 Å². The lowest BCUT2D eigenvalue weighted by atomic mass is 10.1. The first-order valence-electron chi connectivity index (χ1n) is 9.77. The van der Waals surface area contributed by atoms with Gasteiger partial charge in [-0.1, -0.05) is 0 Å². The zero-order valence-electron chi connectivity index (χ0n) is 16.8. The maximum absolute atomic E-state index is 9.45. The van der Waals surface area contributed by atoms with E-state index in [9.17, 15) is 5.11 Å². The molecule has 9 nitrogen and oxygen atoms in total. The molecule has 1 aliphatic rings. The van der Waals surface area contributed by atoms with Crippen molar-refractivity contribution < 1.29 is 19.7 Å². The lowest BCUT2D eigenvalue weighted by Crippen LogP contribution is -2.34. The molecule has 29 heavy (non-hydrogen) atoms. The Morgan fingerprint density at radius 2 is 2.10 bits per heavy atom. The Balaban J connectivity index is 1.72. The Hall–Kier alpha value is -2.62. The highest BCUT2D eigenvalue weighted by Crippen LogP contribution is 2.36. The van der Waals surface area contributed by atoms with Gasteiger partial charge in [0, 0.05) is 18.8 Å². The summed E-state index contributed by atoms with van der Waals surface area (Å²) in [5.41, 5.74) is 1.72. The quantitative estimate of drug-likeness (QED) is 0.423. The van der Waals surface area contributed by atoms with Gasteiger partial charge in [0.2, 0.25) is 5.75 Å². The molecule has 1 unspecified atom stereocenters. The lowest BCUT2D eigenvalue weighted by Gasteiger charge is -2.25. The molecule has 0 aliphatic carbocycles. The Bertz CT molecular complexity index is 798. The molecule has 158 valence electrons. The molecule has 1 fully saturated rings. The highest BCUT2D eigenvalue weighted by atomic mass is 16.5. The predicted molar refractivity (Wildman–Crippen MR) is 111 cm³/mol. The van der Waals surface area contributed by atoms with Crippen LogP contribution in [0, 0.1) is 6.92 Å². The van der Waals surface area contributed by atoms with Crippen molar-refractivity contribution in [2.45, 2.75) is 32.0 Å². The number of nitrogens with zero attached hydrogens (tertiary/aromatic N) is 2. The summed E-state index contributed by atoms with van der Waals surface area (Å²) in [4.78, 5) is 8.74. The van der Waals surface area contributed by atoms with Crippen molar-refractivity contribution in [3.8, 4) is 11.5 Å². The van der Waals surface area contributed by atoms with E-state index in [0.29, 0.717) is 23.1 Å². The SMILES string of the molecule is COc1c(OC2CCNCC2)ccnc1Nc1cnc(NCC(O)CO)cc1C. The molecule has 3 heterocycles. The van der Waals surface area contributed by atoms with Crippen LogP contribution < -0.4 is 25.4 Å². The second kappa shape index (κ2) is 10.2. The average Bonchev–Trinajstić information content (AvgIpc) is 2.74. The first kappa shape index (κ1) is 21.1. The molecule has 0 bridgehead atoms. The lowest BCUT2D eigenvalue weighted by molar-refractivity contribution is 0.105. The second-order valence-corrected chi connectivity index (χ2v) is 6.98. The summed E-state index contributed by atoms with van der Waals surface area (Å²) >= 11 is 0. The normalized spacial score (nSPS) is 15.6. The van der Waals surface area contributed by atoms with Gasteiger partial charge in [0.1, 0.15) is 11.9 Å². The number of aliphatic hydroxyl groups excluding tert-OH is 2. The minimum Gasteiger partial charge on any atom is -0.490 e. The van der Waals surface area contributed by atoms with Gasteiger partial charge in [-0.2, -0.15) is 0 Å². The summed E-state index contributed by atoms with van der Waals surface area (Å²) in [7, 11) is 1.60. The highest BCUT2D eigenvalue weighted by molar-refractivity contribution is 5.68. The topological polar surface area (TPSA) is 121 Å². The van der Waals surface area contributed by atoms with Crippen molar-refractivity contribution in [1.82, 2.24) is 15.3 Å². The van der Waals surface area contributed by atoms with Gasteiger partial charge >= 0.3 is 0 Å². The van der Waals surface area contributed by atoms with Crippen LogP contribution in [0.3, 0.4) is 0 Å². The number of hydrogen-bond acceptors (Lipinski definition) is 9. The minimum atomic E-state index is -0.828. The molecule has 0 aromatic carbocycles. The molecule has 0 radical (unpaired) electrons. The first-order chi connectivity index (χ1) is 14.1. The Kier molecular flexibility index (Phi) is 7.45. The van der Waals surface area contributed by atoms with Gasteiger partial charge in [0.05, 0.1) is 31.7 Å². The van der Waals surface area contributed by atoms with Gasteiger partial charge in [-0.15, -0.1) is 0 Å². The molecule has 9 heteroatoms. The van der Waals surface area contributed by atoms with Crippen molar-refractivity contribution in [3.05, 3.63) is 30.1 Å². The summed E-state index contributed by atoms with van der Waals surface area (Å²) in [6, 6.07) is 3.67. The average molecular weight is 403 g/mol. The third-order valence-electron chi connectivity index (χ3n) is 4.75. The van der Waals surface area contributed by atoms with Gasteiger partial charge in [-0.05, 0) is 44.5 Å². The molecule has 3 rings (SSSR count). The Morgan fingerprint density at radius 1 is 1.31 bits per heavy atom. The van der Waals surface area contributed by atoms with Crippen LogP contribution in [-0.4, -0.2) is 65.7 Å². The zero-order valence-corrected chi connectivity index (χ0v) is 16.8. The van der Waals surface area contributed by atoms with Gasteiger partial charge in [-0.25, -0.2) is 9.97 Å². The maximum Gasteiger partial charge on any atom is 0.204 e. The standard InChI is InChI=1S/C20H29N5O4/c1-13-9-18(23-10-14(27)12-26)24-11-16(13)25-20-19(28-2)17(5-8-22-20)29-15-3-6-21-7-4-15/h5,8-9,11,14-15,21,26-27H,3-4,6-7,10,12H2,1-2H3,(H,22,25)(H,23,24). The number of methoxy groups -OCH3 is 1. The number of piperidine rings is 1. The number of ether oxygens (including phenoxy) is 2. The van der Waals surface area contributed by atoms with E-state index in [2.05, 4.69) is 25.9 Å². The number of hydrogen-bond donors (Lipinski definition) is 5. The van der Waals surface area contributed by atoms with Gasteiger partial charge in [0.15, 0.2) is 11.6 Å². The van der Waals surface area contributed by atoms with E-state index < -0.39 is 6.10 Å². The molecule has 5 N–H and O–H groups in total. The first-order valence-corrected chi connectivity index (χ1v) is 9.77. The fourth-order valence-electron chi connectivity index (χ4n) is 3.10. The number of aryl methyl sites for hydroxylation is 1. The largest absolute Gasteiger partial charge is 0.490 e. The molecule has 0 amide bonds. The summed E-state index contributed by atoms with van der Waals surface area (Å²) in [5.74, 6) is 2.39. The van der Waals surface area contributed by atoms with E-state index in [-0.39, 0.29) is 19.3 Å². The molecule has 2 aromatic heterocycles. The number of pyridine rings is 2. The van der Waals surface area contributed by atoms with E-state index in [1.807, 2.05) is 19.1 Å². The highest BCUT2D eigenvalue weighted by Gasteiger charge is 2.19. The van der Waals surface area contributed by atoms with E-state index in [0.717, 1.165) is 37.2 Å². The molecule has 1 saturated heterocycles. The van der Waals surface area contributed by atoms with Crippen LogP contribution in [-0.2, 0) is 0 Å². The van der Waals surface area contributed by atoms with Gasteiger partial charge in [-0.3, -0.25) is 0 Å². The van der Waals surface area contributed by atoms with E-state index in [1.54, 1.807) is 19.5 Å². The zero-order chi connectivity index (χ0) is 20.6. The second-order valence-electron chi connectivity index (χ2n) is 6.98. The number of nitrogens with one attached hydrogen (secondary N) is 3. The fraction of sp³-hybridized carbons (Fsp3) is 0.500. The summed E-state index contributed by atoms with van der Waals surface area (Å²) in [6.07, 6.45) is 4.61. The number of rotatable bonds is 9. The summed E-state index contributed by atoms with van der Waals surface area (Å²) < 4.78 is 11.7. The minimum absolute atomic E-state index is 0.156. The Morgan fingerprint density at radius 3 is 2.79 bits per heavy atom. The van der Waals surface area contributed by atoms with Crippen LogP contribution in [0.1, 0.15) is 18.4 Å². The maximum atomic E-state index is 9.45. The fourth-order valence-corrected chi connectivity index (χ4v) is 3.10. The molecule has 1 atom stereocenters. The Labute approximate surface area is 170 Å². The van der Waals surface area contributed by atoms with Crippen LogP contribution in [0.5, 0.6) is 11.5 Å². The van der Waals surface area contributed by atoms with Crippen LogP contribution in [0.15, 0.2) is 24.5 Å². The van der Waals surface area contributed by atoms with Gasteiger partial charge < -0.3 is 35.6 Å². The third-order valence-corrected chi connectivity index (χ3v) is 4.75. The van der Waals surface area contributed by atoms with E-state index in [4.69, 9.17) is 14.6 Å². The molecule has 0 saturated carbocycles. The monoisotopic (exact) mass is 403 g/mol. The van der Waals surface area contributed by atoms with Crippen LogP contribution >= 0.6 is 0 Å². The van der Waals surface area contributed by atoms with Crippen LogP contribution in [0.2, 0.25) is 0 Å². The van der Waals surface area contributed by atoms with E-state index >= 15 is 0 Å². The van der Waals surface area contributed by atoms with Gasteiger partial charge in [0.25, 0.3) is 0 Å². The molecular formula is C20H29N5O4. The van der Waals surface area contributed by atoms with Crippen molar-refractivity contribution >= 4 is 17.3 Å². The van der Waals surface area contributed by atoms with Crippen molar-refractivity contribution in [1.29, 1.82) is 0 Å². The molecule has 0 spiro atoms.